The monoisotopic (exact) mass is 109 g/mol. The van der Waals surface area contributed by atoms with Gasteiger partial charge in [0.25, 0.3) is 0 Å². The minimum absolute atomic E-state index is 0.0417. The van der Waals surface area contributed by atoms with E-state index in [1.54, 1.807) is 0 Å². The molecule has 0 aromatic carbocycles. The summed E-state index contributed by atoms with van der Waals surface area (Å²) >= 11 is 0. The van der Waals surface area contributed by atoms with Crippen LogP contribution in [0.4, 0.5) is 0 Å². The minimum atomic E-state index is -1.40. The van der Waals surface area contributed by atoms with Crippen molar-refractivity contribution in [3.8, 4) is 0 Å². The molecule has 0 aromatic heterocycles. The fraction of sp³-hybridized carbons (Fsp3) is 1.00. The molecule has 0 aliphatic rings. The Morgan fingerprint density at radius 2 is 2.17 bits per heavy atom. The first-order valence-electron chi connectivity index (χ1n) is 1.48. The van der Waals surface area contributed by atoms with E-state index in [1.807, 2.05) is 0 Å². The van der Waals surface area contributed by atoms with Crippen molar-refractivity contribution < 1.29 is 14.8 Å². The molecule has 2 N–H and O–H groups in total. The molecule has 0 amide bonds. The maximum Gasteiger partial charge on any atom is 0.330 e. The Morgan fingerprint density at radius 1 is 1.67 bits per heavy atom. The Labute approximate surface area is 36.8 Å². The molecule has 0 radical (unpaired) electrons. The number of aliphatic hydroxyl groups is 2. The summed E-state index contributed by atoms with van der Waals surface area (Å²) in [6, 6.07) is 0. The van der Waals surface area contributed by atoms with Gasteiger partial charge in [0, 0.05) is 0 Å². The Bertz CT molecular complexity index is 44.1. The molecule has 4 heteroatoms. The lowest BCUT2D eigenvalue weighted by Crippen LogP contribution is -2.04. The average molecular weight is 109 g/mol. The van der Waals surface area contributed by atoms with Crippen LogP contribution in [0.25, 0.3) is 0 Å². The first-order chi connectivity index (χ1) is 2.77. The van der Waals surface area contributed by atoms with Crippen LogP contribution >= 0.6 is 8.46 Å². The van der Waals surface area contributed by atoms with Crippen molar-refractivity contribution in [2.24, 2.45) is 0 Å². The lowest BCUT2D eigenvalue weighted by atomic mass is 10.8. The number of rotatable bonds is 2. The van der Waals surface area contributed by atoms with Gasteiger partial charge in [-0.15, -0.1) is 0 Å². The zero-order valence-corrected chi connectivity index (χ0v) is 4.09. The highest BCUT2D eigenvalue weighted by Crippen LogP contribution is 1.90. The molecular formula is C2H6O3P+. The molecule has 1 unspecified atom stereocenters. The van der Waals surface area contributed by atoms with Gasteiger partial charge in [-0.25, -0.2) is 0 Å². The van der Waals surface area contributed by atoms with E-state index in [0.717, 1.165) is 0 Å². The standard InChI is InChI=1S/C2H5O3P/c3-2(4)1-6-5/h2-4H,1H2/p+1. The van der Waals surface area contributed by atoms with Crippen LogP contribution in [0, 0.1) is 0 Å². The van der Waals surface area contributed by atoms with Gasteiger partial charge < -0.3 is 10.2 Å². The Balaban J connectivity index is 2.81. The first-order valence-corrected chi connectivity index (χ1v) is 2.60. The molecule has 1 atom stereocenters. The van der Waals surface area contributed by atoms with Crippen LogP contribution in [0.5, 0.6) is 0 Å². The fourth-order valence-electron chi connectivity index (χ4n) is 0.0745. The molecule has 0 aliphatic carbocycles. The van der Waals surface area contributed by atoms with Crippen molar-refractivity contribution in [2.75, 3.05) is 6.16 Å². The minimum Gasteiger partial charge on any atom is -0.365 e. The van der Waals surface area contributed by atoms with E-state index in [0.29, 0.717) is 0 Å². The summed E-state index contributed by atoms with van der Waals surface area (Å²) in [7, 11) is -0.612. The third-order valence-corrected chi connectivity index (χ3v) is 0.798. The van der Waals surface area contributed by atoms with Crippen LogP contribution in [0.3, 0.4) is 0 Å². The number of aliphatic hydroxyl groups excluding tert-OH is 1. The number of hydrogen-bond acceptors (Lipinski definition) is 3. The van der Waals surface area contributed by atoms with Crippen LogP contribution in [0.1, 0.15) is 0 Å². The van der Waals surface area contributed by atoms with Gasteiger partial charge in [0.15, 0.2) is 12.5 Å². The molecule has 0 rings (SSSR count). The molecule has 3 nitrogen and oxygen atoms in total. The maximum atomic E-state index is 9.45. The highest BCUT2D eigenvalue weighted by molar-refractivity contribution is 7.23. The molecule has 0 spiro atoms. The molecular weight excluding hydrogens is 103 g/mol. The van der Waals surface area contributed by atoms with Crippen molar-refractivity contribution in [2.45, 2.75) is 6.29 Å². The SMILES string of the molecule is O=[PH+]CC(O)O. The zero-order valence-electron chi connectivity index (χ0n) is 3.09. The van der Waals surface area contributed by atoms with Gasteiger partial charge in [-0.2, -0.15) is 0 Å². The second kappa shape index (κ2) is 3.22. The fourth-order valence-corrected chi connectivity index (χ4v) is 0.224. The average Bonchev–Trinajstić information content (AvgIpc) is 1.35. The largest absolute Gasteiger partial charge is 0.365 e. The Kier molecular flexibility index (Phi) is 3.23. The quantitative estimate of drug-likeness (QED) is 0.365. The van der Waals surface area contributed by atoms with Crippen molar-refractivity contribution >= 4 is 8.46 Å². The van der Waals surface area contributed by atoms with Crippen LogP contribution in [0.2, 0.25) is 0 Å². The maximum absolute atomic E-state index is 9.45. The summed E-state index contributed by atoms with van der Waals surface area (Å²) in [5, 5.41) is 15.8. The second-order valence-corrected chi connectivity index (χ2v) is 1.53. The normalized spacial score (nSPS) is 10.5. The molecule has 0 aromatic rings. The summed E-state index contributed by atoms with van der Waals surface area (Å²) in [5.41, 5.74) is 0. The molecule has 0 aliphatic heterocycles. The predicted molar refractivity (Wildman–Crippen MR) is 22.1 cm³/mol. The van der Waals surface area contributed by atoms with Crippen LogP contribution in [-0.4, -0.2) is 22.7 Å². The van der Waals surface area contributed by atoms with Gasteiger partial charge in [0.1, 0.15) is 0 Å². The van der Waals surface area contributed by atoms with Crippen LogP contribution in [-0.2, 0) is 4.57 Å². The Morgan fingerprint density at radius 3 is 2.17 bits per heavy atom. The lowest BCUT2D eigenvalue weighted by molar-refractivity contribution is -0.0193. The van der Waals surface area contributed by atoms with Gasteiger partial charge in [0.05, 0.1) is 0 Å². The molecule has 0 saturated carbocycles. The van der Waals surface area contributed by atoms with Gasteiger partial charge in [0.2, 0.25) is 0 Å². The predicted octanol–water partition coefficient (Wildman–Crippen LogP) is -0.679. The van der Waals surface area contributed by atoms with E-state index in [-0.39, 0.29) is 6.16 Å². The summed E-state index contributed by atoms with van der Waals surface area (Å²) in [4.78, 5) is 0. The van der Waals surface area contributed by atoms with Crippen molar-refractivity contribution in [3.63, 3.8) is 0 Å². The third kappa shape index (κ3) is 4.02. The van der Waals surface area contributed by atoms with Crippen molar-refractivity contribution in [3.05, 3.63) is 0 Å². The van der Waals surface area contributed by atoms with E-state index >= 15 is 0 Å². The van der Waals surface area contributed by atoms with Crippen molar-refractivity contribution in [1.29, 1.82) is 0 Å². The molecule has 0 bridgehead atoms. The lowest BCUT2D eigenvalue weighted by Gasteiger charge is -1.83. The van der Waals surface area contributed by atoms with Crippen LogP contribution < -0.4 is 0 Å². The summed E-state index contributed by atoms with van der Waals surface area (Å²) < 4.78 is 9.45. The molecule has 0 fully saturated rings. The van der Waals surface area contributed by atoms with E-state index < -0.39 is 14.8 Å². The van der Waals surface area contributed by atoms with Crippen LogP contribution in [0.15, 0.2) is 0 Å². The summed E-state index contributed by atoms with van der Waals surface area (Å²) in [6.07, 6.45) is -1.44. The van der Waals surface area contributed by atoms with E-state index in [1.165, 1.54) is 0 Å². The second-order valence-electron chi connectivity index (χ2n) is 0.829. The number of hydrogen-bond donors (Lipinski definition) is 2. The van der Waals surface area contributed by atoms with Crippen molar-refractivity contribution in [1.82, 2.24) is 0 Å². The van der Waals surface area contributed by atoms with E-state index in [2.05, 4.69) is 0 Å². The molecule has 0 saturated heterocycles. The summed E-state index contributed by atoms with van der Waals surface area (Å²) in [5.74, 6) is 0. The highest BCUT2D eigenvalue weighted by atomic mass is 31.1. The zero-order chi connectivity index (χ0) is 4.99. The highest BCUT2D eigenvalue weighted by Gasteiger charge is 1.98. The first kappa shape index (κ1) is 6.02. The van der Waals surface area contributed by atoms with Gasteiger partial charge in [-0.05, 0) is 0 Å². The van der Waals surface area contributed by atoms with E-state index in [9.17, 15) is 4.57 Å². The van der Waals surface area contributed by atoms with Gasteiger partial charge in [-0.3, -0.25) is 0 Å². The third-order valence-electron chi connectivity index (χ3n) is 0.266. The Hall–Kier alpha value is 0.0200. The van der Waals surface area contributed by atoms with Gasteiger partial charge in [-0.1, -0.05) is 4.57 Å². The van der Waals surface area contributed by atoms with E-state index in [4.69, 9.17) is 10.2 Å². The van der Waals surface area contributed by atoms with Gasteiger partial charge >= 0.3 is 8.46 Å². The smallest absolute Gasteiger partial charge is 0.330 e. The molecule has 0 heterocycles. The molecule has 6 heavy (non-hydrogen) atoms. The topological polar surface area (TPSA) is 57.5 Å². The summed E-state index contributed by atoms with van der Waals surface area (Å²) in [6.45, 7) is 0. The molecule has 36 valence electrons.